The first-order valence-electron chi connectivity index (χ1n) is 11.2. The Morgan fingerprint density at radius 3 is 2.68 bits per heavy atom. The van der Waals surface area contributed by atoms with Crippen LogP contribution in [0.1, 0.15) is 73.7 Å². The molecule has 0 unspecified atom stereocenters. The number of aryl methyl sites for hydroxylation is 1. The molecule has 2 aliphatic carbocycles. The van der Waals surface area contributed by atoms with Crippen molar-refractivity contribution in [3.63, 3.8) is 0 Å². The predicted molar refractivity (Wildman–Crippen MR) is 114 cm³/mol. The van der Waals surface area contributed by atoms with Gasteiger partial charge in [-0.2, -0.15) is 0 Å². The summed E-state index contributed by atoms with van der Waals surface area (Å²) >= 11 is 0. The molecule has 0 bridgehead atoms. The average molecular weight is 380 g/mol. The molecule has 2 heterocycles. The molecule has 2 aromatic rings. The number of amides is 1. The second-order valence-corrected chi connectivity index (χ2v) is 9.36. The molecule has 4 nitrogen and oxygen atoms in total. The van der Waals surface area contributed by atoms with Crippen LogP contribution in [0.3, 0.4) is 0 Å². The molecule has 1 fully saturated rings. The van der Waals surface area contributed by atoms with Gasteiger partial charge < -0.3 is 14.4 Å². The standard InChI is InChI=1S/C24H33N3O/c1-25(2)16-23(28)26-13-14-27-21-12-11-18(17-7-4-3-5-8-17)15-20(21)19-9-6-10-22(26)24(19)27/h11-12,15,17,22H,3-10,13-14,16H2,1-2H3/t22-/m1/s1. The number of carbonyl (C=O) groups is 1. The van der Waals surface area contributed by atoms with E-state index in [1.54, 1.807) is 5.56 Å². The van der Waals surface area contributed by atoms with Gasteiger partial charge in [-0.25, -0.2) is 0 Å². The van der Waals surface area contributed by atoms with Crippen molar-refractivity contribution in [2.45, 2.75) is 69.9 Å². The third-order valence-corrected chi connectivity index (χ3v) is 7.25. The Balaban J connectivity index is 1.55. The summed E-state index contributed by atoms with van der Waals surface area (Å²) in [5, 5.41) is 1.48. The van der Waals surface area contributed by atoms with Gasteiger partial charge in [0.1, 0.15) is 0 Å². The molecule has 0 saturated heterocycles. The van der Waals surface area contributed by atoms with E-state index in [-0.39, 0.29) is 11.9 Å². The van der Waals surface area contributed by atoms with Gasteiger partial charge in [-0.15, -0.1) is 0 Å². The van der Waals surface area contributed by atoms with Crippen LogP contribution >= 0.6 is 0 Å². The van der Waals surface area contributed by atoms with E-state index in [1.165, 1.54) is 67.1 Å². The number of rotatable bonds is 3. The van der Waals surface area contributed by atoms with Crippen LogP contribution in [-0.2, 0) is 17.8 Å². The molecule has 0 spiro atoms. The zero-order chi connectivity index (χ0) is 19.3. The minimum absolute atomic E-state index is 0.274. The summed E-state index contributed by atoms with van der Waals surface area (Å²) in [7, 11) is 3.97. The summed E-state index contributed by atoms with van der Waals surface area (Å²) < 4.78 is 2.54. The fourth-order valence-electron chi connectivity index (χ4n) is 5.97. The molecule has 3 aliphatic rings. The molecular formula is C24H33N3O. The van der Waals surface area contributed by atoms with Gasteiger partial charge in [-0.3, -0.25) is 4.79 Å². The molecule has 1 atom stereocenters. The molecule has 0 N–H and O–H groups in total. The molecule has 1 amide bonds. The Bertz CT molecular complexity index is 891. The molecule has 5 rings (SSSR count). The minimum Gasteiger partial charge on any atom is -0.341 e. The lowest BCUT2D eigenvalue weighted by atomic mass is 9.83. The van der Waals surface area contributed by atoms with Gasteiger partial charge >= 0.3 is 0 Å². The quantitative estimate of drug-likeness (QED) is 0.787. The first kappa shape index (κ1) is 18.2. The molecule has 1 aliphatic heterocycles. The summed E-state index contributed by atoms with van der Waals surface area (Å²) in [6.45, 7) is 2.29. The van der Waals surface area contributed by atoms with Crippen LogP contribution in [0, 0.1) is 0 Å². The number of likely N-dealkylation sites (N-methyl/N-ethyl adjacent to an activating group) is 1. The van der Waals surface area contributed by atoms with E-state index in [0.29, 0.717) is 6.54 Å². The fourth-order valence-corrected chi connectivity index (χ4v) is 5.97. The smallest absolute Gasteiger partial charge is 0.237 e. The number of fused-ring (bicyclic) bond motifs is 3. The van der Waals surface area contributed by atoms with E-state index in [0.717, 1.165) is 25.4 Å². The van der Waals surface area contributed by atoms with E-state index in [2.05, 4.69) is 27.7 Å². The number of aromatic nitrogens is 1. The second-order valence-electron chi connectivity index (χ2n) is 9.36. The lowest BCUT2D eigenvalue weighted by molar-refractivity contribution is -0.135. The predicted octanol–water partition coefficient (Wildman–Crippen LogP) is 4.47. The third kappa shape index (κ3) is 2.97. The summed E-state index contributed by atoms with van der Waals surface area (Å²) in [4.78, 5) is 17.0. The van der Waals surface area contributed by atoms with Crippen molar-refractivity contribution in [1.82, 2.24) is 14.4 Å². The van der Waals surface area contributed by atoms with Gasteiger partial charge in [0.05, 0.1) is 12.6 Å². The monoisotopic (exact) mass is 379 g/mol. The van der Waals surface area contributed by atoms with E-state index in [1.807, 2.05) is 19.0 Å². The molecule has 150 valence electrons. The SMILES string of the molecule is CN(C)CC(=O)N1CCn2c3c(c4cc(C5CCCCC5)ccc42)CCC[C@H]31. The second kappa shape index (κ2) is 7.22. The van der Waals surface area contributed by atoms with Gasteiger partial charge in [0.2, 0.25) is 5.91 Å². The molecule has 1 aromatic heterocycles. The maximum Gasteiger partial charge on any atom is 0.237 e. The van der Waals surface area contributed by atoms with E-state index < -0.39 is 0 Å². The summed E-state index contributed by atoms with van der Waals surface area (Å²) in [5.41, 5.74) is 5.93. The van der Waals surface area contributed by atoms with Crippen LogP contribution in [0.25, 0.3) is 10.9 Å². The van der Waals surface area contributed by atoms with Crippen molar-refractivity contribution in [3.05, 3.63) is 35.0 Å². The number of carbonyl (C=O) groups excluding carboxylic acids is 1. The zero-order valence-corrected chi connectivity index (χ0v) is 17.4. The van der Waals surface area contributed by atoms with Crippen LogP contribution in [0.4, 0.5) is 0 Å². The normalized spacial score (nSPS) is 22.7. The average Bonchev–Trinajstić information content (AvgIpc) is 3.03. The van der Waals surface area contributed by atoms with Crippen molar-refractivity contribution in [3.8, 4) is 0 Å². The van der Waals surface area contributed by atoms with Crippen molar-refractivity contribution >= 4 is 16.8 Å². The van der Waals surface area contributed by atoms with E-state index >= 15 is 0 Å². The number of hydrogen-bond donors (Lipinski definition) is 0. The Morgan fingerprint density at radius 2 is 1.89 bits per heavy atom. The van der Waals surface area contributed by atoms with Crippen LogP contribution < -0.4 is 0 Å². The van der Waals surface area contributed by atoms with Gasteiger partial charge in [0, 0.05) is 29.7 Å². The lowest BCUT2D eigenvalue weighted by Crippen LogP contribution is -2.46. The minimum atomic E-state index is 0.274. The fraction of sp³-hybridized carbons (Fsp3) is 0.625. The zero-order valence-electron chi connectivity index (χ0n) is 17.4. The summed E-state index contributed by atoms with van der Waals surface area (Å²) in [6, 6.07) is 7.56. The molecular weight excluding hydrogens is 346 g/mol. The Hall–Kier alpha value is -1.81. The van der Waals surface area contributed by atoms with Crippen LogP contribution in [0.15, 0.2) is 18.2 Å². The topological polar surface area (TPSA) is 28.5 Å². The highest BCUT2D eigenvalue weighted by atomic mass is 16.2. The number of nitrogens with zero attached hydrogens (tertiary/aromatic N) is 3. The van der Waals surface area contributed by atoms with Crippen LogP contribution in [-0.4, -0.2) is 47.5 Å². The largest absolute Gasteiger partial charge is 0.341 e. The Morgan fingerprint density at radius 1 is 1.07 bits per heavy atom. The highest BCUT2D eigenvalue weighted by Gasteiger charge is 2.37. The van der Waals surface area contributed by atoms with Crippen molar-refractivity contribution in [2.75, 3.05) is 27.2 Å². The molecule has 1 saturated carbocycles. The summed E-state index contributed by atoms with van der Waals surface area (Å²) in [5.74, 6) is 1.03. The van der Waals surface area contributed by atoms with Crippen molar-refractivity contribution < 1.29 is 4.79 Å². The summed E-state index contributed by atoms with van der Waals surface area (Å²) in [6.07, 6.45) is 10.3. The van der Waals surface area contributed by atoms with Gasteiger partial charge in [-0.1, -0.05) is 25.3 Å². The third-order valence-electron chi connectivity index (χ3n) is 7.25. The van der Waals surface area contributed by atoms with Gasteiger partial charge in [0.25, 0.3) is 0 Å². The van der Waals surface area contributed by atoms with E-state index in [4.69, 9.17) is 0 Å². The first-order valence-corrected chi connectivity index (χ1v) is 11.2. The number of benzene rings is 1. The highest BCUT2D eigenvalue weighted by molar-refractivity contribution is 5.88. The van der Waals surface area contributed by atoms with Gasteiger partial charge in [0.15, 0.2) is 0 Å². The Labute approximate surface area is 168 Å². The lowest BCUT2D eigenvalue weighted by Gasteiger charge is -2.40. The van der Waals surface area contributed by atoms with Crippen molar-refractivity contribution in [2.24, 2.45) is 0 Å². The maximum atomic E-state index is 12.9. The number of hydrogen-bond acceptors (Lipinski definition) is 2. The molecule has 4 heteroatoms. The maximum absolute atomic E-state index is 12.9. The van der Waals surface area contributed by atoms with E-state index in [9.17, 15) is 4.79 Å². The first-order chi connectivity index (χ1) is 13.6. The van der Waals surface area contributed by atoms with Crippen LogP contribution in [0.2, 0.25) is 0 Å². The Kier molecular flexibility index (Phi) is 4.70. The van der Waals surface area contributed by atoms with Crippen LogP contribution in [0.5, 0.6) is 0 Å². The highest BCUT2D eigenvalue weighted by Crippen LogP contribution is 2.44. The molecule has 0 radical (unpaired) electrons. The molecule has 1 aromatic carbocycles. The van der Waals surface area contributed by atoms with Gasteiger partial charge in [-0.05, 0) is 75.4 Å². The van der Waals surface area contributed by atoms with Crippen molar-refractivity contribution in [1.29, 1.82) is 0 Å². The molecule has 28 heavy (non-hydrogen) atoms.